The molecule has 0 fully saturated rings. The molecule has 0 aliphatic heterocycles. The predicted octanol–water partition coefficient (Wildman–Crippen LogP) is 0.996. The minimum absolute atomic E-state index is 0.0779. The van der Waals surface area contributed by atoms with Crippen molar-refractivity contribution in [2.75, 3.05) is 0 Å². The maximum Gasteiger partial charge on any atom is 0.329 e. The van der Waals surface area contributed by atoms with E-state index in [2.05, 4.69) is 14.9 Å². The van der Waals surface area contributed by atoms with Crippen molar-refractivity contribution < 1.29 is 18.3 Å². The van der Waals surface area contributed by atoms with Crippen LogP contribution in [0, 0.1) is 6.92 Å². The van der Waals surface area contributed by atoms with Crippen molar-refractivity contribution in [3.63, 3.8) is 0 Å². The molecule has 0 spiro atoms. The summed E-state index contributed by atoms with van der Waals surface area (Å²) in [6.45, 7) is 2.85. The van der Waals surface area contributed by atoms with E-state index in [0.29, 0.717) is 11.3 Å². The number of carboxylic acids is 1. The van der Waals surface area contributed by atoms with Gasteiger partial charge in [0.05, 0.1) is 11.9 Å². The van der Waals surface area contributed by atoms with Gasteiger partial charge in [0.2, 0.25) is 10.0 Å². The summed E-state index contributed by atoms with van der Waals surface area (Å²) in [6.07, 6.45) is 1.14. The number of aryl methyl sites for hydroxylation is 1. The van der Waals surface area contributed by atoms with E-state index >= 15 is 0 Å². The molecule has 1 heterocycles. The smallest absolute Gasteiger partial charge is 0.329 e. The van der Waals surface area contributed by atoms with Crippen molar-refractivity contribution >= 4 is 16.0 Å². The highest BCUT2D eigenvalue weighted by Crippen LogP contribution is 2.24. The molecule has 0 saturated carbocycles. The van der Waals surface area contributed by atoms with Crippen LogP contribution >= 0.6 is 0 Å². The van der Waals surface area contributed by atoms with Crippen molar-refractivity contribution in [1.29, 1.82) is 0 Å². The molecule has 8 heteroatoms. The third kappa shape index (κ3) is 2.81. The zero-order valence-electron chi connectivity index (χ0n) is 11.5. The monoisotopic (exact) mass is 309 g/mol. The number of aromatic nitrogens is 2. The van der Waals surface area contributed by atoms with Crippen molar-refractivity contribution in [3.8, 4) is 0 Å². The first-order valence-corrected chi connectivity index (χ1v) is 7.58. The average Bonchev–Trinajstić information content (AvgIpc) is 2.86. The van der Waals surface area contributed by atoms with Crippen LogP contribution in [0.3, 0.4) is 0 Å². The molecule has 1 aromatic carbocycles. The Morgan fingerprint density at radius 3 is 2.43 bits per heavy atom. The van der Waals surface area contributed by atoms with Gasteiger partial charge >= 0.3 is 5.97 Å². The van der Waals surface area contributed by atoms with Crippen LogP contribution in [0.25, 0.3) is 0 Å². The number of hydrogen-bond donors (Lipinski definition) is 3. The van der Waals surface area contributed by atoms with Gasteiger partial charge in [-0.15, -0.1) is 0 Å². The van der Waals surface area contributed by atoms with Gasteiger partial charge in [0.25, 0.3) is 0 Å². The number of carboxylic acid groups (broad SMARTS) is 1. The molecule has 112 valence electrons. The Morgan fingerprint density at radius 2 is 1.95 bits per heavy atom. The SMILES string of the molecule is Cc1[nH]ncc1S(=O)(=O)NC(C)(C(=O)O)c1ccccc1. The Morgan fingerprint density at radius 1 is 1.33 bits per heavy atom. The number of nitrogens with one attached hydrogen (secondary N) is 2. The van der Waals surface area contributed by atoms with E-state index in [1.165, 1.54) is 6.92 Å². The van der Waals surface area contributed by atoms with Crippen LogP contribution in [0.15, 0.2) is 41.4 Å². The van der Waals surface area contributed by atoms with Gasteiger partial charge in [-0.1, -0.05) is 30.3 Å². The van der Waals surface area contributed by atoms with Gasteiger partial charge in [0, 0.05) is 0 Å². The molecule has 7 nitrogen and oxygen atoms in total. The first kappa shape index (κ1) is 15.2. The van der Waals surface area contributed by atoms with E-state index in [4.69, 9.17) is 0 Å². The molecule has 0 bridgehead atoms. The maximum absolute atomic E-state index is 12.4. The predicted molar refractivity (Wildman–Crippen MR) is 75.1 cm³/mol. The van der Waals surface area contributed by atoms with E-state index in [1.807, 2.05) is 0 Å². The molecule has 0 radical (unpaired) electrons. The molecule has 0 aliphatic rings. The van der Waals surface area contributed by atoms with E-state index in [0.717, 1.165) is 6.20 Å². The Kier molecular flexibility index (Phi) is 3.84. The van der Waals surface area contributed by atoms with E-state index in [9.17, 15) is 18.3 Å². The lowest BCUT2D eigenvalue weighted by atomic mass is 9.94. The summed E-state index contributed by atoms with van der Waals surface area (Å²) in [4.78, 5) is 11.5. The lowest BCUT2D eigenvalue weighted by Gasteiger charge is -2.26. The lowest BCUT2D eigenvalue weighted by molar-refractivity contribution is -0.143. The summed E-state index contributed by atoms with van der Waals surface area (Å²) in [7, 11) is -4.02. The van der Waals surface area contributed by atoms with Crippen LogP contribution in [-0.4, -0.2) is 29.7 Å². The van der Waals surface area contributed by atoms with Gasteiger partial charge in [-0.3, -0.25) is 5.10 Å². The highest BCUT2D eigenvalue weighted by Gasteiger charge is 2.40. The summed E-state index contributed by atoms with van der Waals surface area (Å²) < 4.78 is 27.0. The topological polar surface area (TPSA) is 112 Å². The van der Waals surface area contributed by atoms with Crippen LogP contribution in [0.5, 0.6) is 0 Å². The van der Waals surface area contributed by atoms with Gasteiger partial charge in [0.1, 0.15) is 4.90 Å². The number of hydrogen-bond acceptors (Lipinski definition) is 4. The van der Waals surface area contributed by atoms with Crippen LogP contribution in [0.2, 0.25) is 0 Å². The molecule has 2 aromatic rings. The number of aromatic amines is 1. The van der Waals surface area contributed by atoms with Crippen LogP contribution < -0.4 is 4.72 Å². The van der Waals surface area contributed by atoms with Crippen LogP contribution in [-0.2, 0) is 20.4 Å². The van der Waals surface area contributed by atoms with Crippen LogP contribution in [0.4, 0.5) is 0 Å². The molecule has 0 amide bonds. The highest BCUT2D eigenvalue weighted by molar-refractivity contribution is 7.89. The molecule has 1 atom stereocenters. The second kappa shape index (κ2) is 5.30. The van der Waals surface area contributed by atoms with Crippen molar-refractivity contribution in [3.05, 3.63) is 47.8 Å². The average molecular weight is 309 g/mol. The standard InChI is InChI=1S/C13H15N3O4S/c1-9-11(8-14-15-9)21(19,20)16-13(2,12(17)18)10-6-4-3-5-7-10/h3-8,16H,1-2H3,(H,14,15)(H,17,18). The summed E-state index contributed by atoms with van der Waals surface area (Å²) >= 11 is 0. The second-order valence-electron chi connectivity index (χ2n) is 4.76. The molecule has 2 rings (SSSR count). The molecular formula is C13H15N3O4S. The van der Waals surface area contributed by atoms with Crippen molar-refractivity contribution in [1.82, 2.24) is 14.9 Å². The van der Waals surface area contributed by atoms with Crippen molar-refractivity contribution in [2.24, 2.45) is 0 Å². The Balaban J connectivity index is 2.47. The van der Waals surface area contributed by atoms with Gasteiger partial charge in [-0.2, -0.15) is 9.82 Å². The zero-order valence-corrected chi connectivity index (χ0v) is 12.3. The minimum atomic E-state index is -4.02. The molecule has 21 heavy (non-hydrogen) atoms. The maximum atomic E-state index is 12.4. The second-order valence-corrected chi connectivity index (χ2v) is 6.41. The number of benzene rings is 1. The fourth-order valence-corrected chi connectivity index (χ4v) is 3.42. The minimum Gasteiger partial charge on any atom is -0.480 e. The summed E-state index contributed by atoms with van der Waals surface area (Å²) in [5.74, 6) is -1.29. The van der Waals surface area contributed by atoms with Crippen molar-refractivity contribution in [2.45, 2.75) is 24.3 Å². The molecule has 3 N–H and O–H groups in total. The Hall–Kier alpha value is -2.19. The summed E-state index contributed by atoms with van der Waals surface area (Å²) in [5.41, 5.74) is -1.10. The fourth-order valence-electron chi connectivity index (χ4n) is 1.93. The largest absolute Gasteiger partial charge is 0.480 e. The van der Waals surface area contributed by atoms with Gasteiger partial charge < -0.3 is 5.11 Å². The van der Waals surface area contributed by atoms with Gasteiger partial charge in [-0.25, -0.2) is 13.2 Å². The normalized spacial score (nSPS) is 14.6. The van der Waals surface area contributed by atoms with Gasteiger partial charge in [-0.05, 0) is 19.4 Å². The number of carbonyl (C=O) groups is 1. The number of H-pyrrole nitrogens is 1. The summed E-state index contributed by atoms with van der Waals surface area (Å²) in [6, 6.07) is 8.13. The zero-order chi connectivity index (χ0) is 15.7. The highest BCUT2D eigenvalue weighted by atomic mass is 32.2. The van der Waals surface area contributed by atoms with E-state index in [1.54, 1.807) is 37.3 Å². The quantitative estimate of drug-likeness (QED) is 0.762. The first-order chi connectivity index (χ1) is 9.77. The number of nitrogens with zero attached hydrogens (tertiary/aromatic N) is 1. The fraction of sp³-hybridized carbons (Fsp3) is 0.231. The first-order valence-electron chi connectivity index (χ1n) is 6.10. The number of rotatable bonds is 5. The molecule has 1 unspecified atom stereocenters. The van der Waals surface area contributed by atoms with Crippen LogP contribution in [0.1, 0.15) is 18.2 Å². The van der Waals surface area contributed by atoms with E-state index < -0.39 is 21.5 Å². The molecule has 1 aromatic heterocycles. The molecular weight excluding hydrogens is 294 g/mol. The van der Waals surface area contributed by atoms with Gasteiger partial charge in [0.15, 0.2) is 5.54 Å². The number of aliphatic carboxylic acids is 1. The third-order valence-electron chi connectivity index (χ3n) is 3.19. The molecule has 0 saturated heterocycles. The third-order valence-corrected chi connectivity index (χ3v) is 4.86. The van der Waals surface area contributed by atoms with E-state index in [-0.39, 0.29) is 4.90 Å². The molecule has 0 aliphatic carbocycles. The summed E-state index contributed by atoms with van der Waals surface area (Å²) in [5, 5.41) is 15.6. The lowest BCUT2D eigenvalue weighted by Crippen LogP contribution is -2.49. The number of sulfonamides is 1. The Labute approximate surface area is 122 Å². The Bertz CT molecular complexity index is 755.